The summed E-state index contributed by atoms with van der Waals surface area (Å²) in [4.78, 5) is 30.6. The number of nitrogens with zero attached hydrogens (tertiary/aromatic N) is 2. The maximum Gasteiger partial charge on any atom is 0.253 e. The van der Waals surface area contributed by atoms with E-state index < -0.39 is 0 Å². The van der Waals surface area contributed by atoms with Gasteiger partial charge in [0.1, 0.15) is 5.82 Å². The molecule has 202 valence electrons. The van der Waals surface area contributed by atoms with Gasteiger partial charge in [-0.3, -0.25) is 9.59 Å². The molecule has 0 radical (unpaired) electrons. The van der Waals surface area contributed by atoms with Crippen LogP contribution in [0.2, 0.25) is 10.0 Å². The fraction of sp³-hybridized carbons (Fsp3) is 0.500. The molecule has 38 heavy (non-hydrogen) atoms. The first-order valence-electron chi connectivity index (χ1n) is 13.7. The summed E-state index contributed by atoms with van der Waals surface area (Å²) in [7, 11) is 1.95. The van der Waals surface area contributed by atoms with Crippen molar-refractivity contribution in [2.75, 3.05) is 0 Å². The summed E-state index contributed by atoms with van der Waals surface area (Å²) in [6.45, 7) is 2.55. The van der Waals surface area contributed by atoms with Crippen LogP contribution in [0.1, 0.15) is 92.0 Å². The second-order valence-corrected chi connectivity index (χ2v) is 12.1. The number of fused-ring (bicyclic) bond motifs is 1. The maximum atomic E-state index is 12.9. The number of imidazole rings is 1. The van der Waals surface area contributed by atoms with E-state index in [0.717, 1.165) is 79.4 Å². The average Bonchev–Trinajstić information content (AvgIpc) is 3.52. The van der Waals surface area contributed by atoms with E-state index >= 15 is 0 Å². The van der Waals surface area contributed by atoms with Crippen LogP contribution >= 0.6 is 23.2 Å². The van der Waals surface area contributed by atoms with Crippen LogP contribution in [-0.2, 0) is 24.8 Å². The lowest BCUT2D eigenvalue weighted by molar-refractivity contribution is -0.132. The third-order valence-electron chi connectivity index (χ3n) is 8.41. The Labute approximate surface area is 234 Å². The number of aromatic nitrogens is 2. The third-order valence-corrected chi connectivity index (χ3v) is 9.10. The van der Waals surface area contributed by atoms with Gasteiger partial charge in [0.25, 0.3) is 5.91 Å². The molecule has 2 aliphatic rings. The van der Waals surface area contributed by atoms with Gasteiger partial charge in [-0.1, -0.05) is 74.4 Å². The normalized spacial score (nSPS) is 17.6. The first-order valence-corrected chi connectivity index (χ1v) is 14.5. The van der Waals surface area contributed by atoms with Gasteiger partial charge in [-0.2, -0.15) is 0 Å². The molecule has 0 spiro atoms. The lowest BCUT2D eigenvalue weighted by atomic mass is 9.75. The summed E-state index contributed by atoms with van der Waals surface area (Å²) in [5, 5.41) is 7.33. The lowest BCUT2D eigenvalue weighted by Crippen LogP contribution is -2.39. The Hall–Kier alpha value is -2.57. The van der Waals surface area contributed by atoms with Gasteiger partial charge in [-0.25, -0.2) is 4.98 Å². The monoisotopic (exact) mass is 554 g/mol. The van der Waals surface area contributed by atoms with Crippen molar-refractivity contribution in [2.45, 2.75) is 83.7 Å². The molecule has 0 atom stereocenters. The highest BCUT2D eigenvalue weighted by atomic mass is 35.5. The number of carbonyl (C=O) groups excluding carboxylic acids is 2. The number of amides is 2. The predicted octanol–water partition coefficient (Wildman–Crippen LogP) is 6.73. The lowest BCUT2D eigenvalue weighted by Gasteiger charge is -2.32. The first kappa shape index (κ1) is 27.0. The molecule has 5 rings (SSSR count). The van der Waals surface area contributed by atoms with Crippen molar-refractivity contribution < 1.29 is 9.59 Å². The number of carbonyl (C=O) groups is 2. The van der Waals surface area contributed by atoms with Gasteiger partial charge in [-0.15, -0.1) is 0 Å². The Balaban J connectivity index is 1.32. The molecule has 0 unspecified atom stereocenters. The summed E-state index contributed by atoms with van der Waals surface area (Å²) >= 11 is 13.1. The molecule has 0 aliphatic heterocycles. The van der Waals surface area contributed by atoms with Crippen LogP contribution in [0.4, 0.5) is 0 Å². The zero-order valence-corrected chi connectivity index (χ0v) is 23.7. The molecule has 2 aromatic carbocycles. The Morgan fingerprint density at radius 2 is 1.76 bits per heavy atom. The minimum absolute atomic E-state index is 0.133. The average molecular weight is 556 g/mol. The van der Waals surface area contributed by atoms with Crippen LogP contribution in [0, 0.1) is 5.41 Å². The molecule has 0 bridgehead atoms. The smallest absolute Gasteiger partial charge is 0.253 e. The van der Waals surface area contributed by atoms with Crippen LogP contribution in [-0.4, -0.2) is 27.4 Å². The number of aryl methyl sites for hydroxylation is 1. The van der Waals surface area contributed by atoms with Gasteiger partial charge in [0.2, 0.25) is 5.91 Å². The van der Waals surface area contributed by atoms with Crippen LogP contribution in [0.5, 0.6) is 0 Å². The molecule has 2 aliphatic carbocycles. The number of hydrogen-bond donors (Lipinski definition) is 2. The van der Waals surface area contributed by atoms with E-state index in [2.05, 4.69) is 17.6 Å². The van der Waals surface area contributed by atoms with Gasteiger partial charge in [0.15, 0.2) is 0 Å². The topological polar surface area (TPSA) is 76.0 Å². The molecule has 2 amide bonds. The van der Waals surface area contributed by atoms with Crippen molar-refractivity contribution in [3.63, 3.8) is 0 Å². The highest BCUT2D eigenvalue weighted by Gasteiger charge is 2.34. The Kier molecular flexibility index (Phi) is 8.01. The number of nitrogens with one attached hydrogen (secondary N) is 2. The van der Waals surface area contributed by atoms with Crippen molar-refractivity contribution in [1.82, 2.24) is 20.2 Å². The molecule has 2 fully saturated rings. The minimum Gasteiger partial charge on any atom is -0.352 e. The first-order chi connectivity index (χ1) is 18.2. The van der Waals surface area contributed by atoms with Crippen molar-refractivity contribution in [3.05, 3.63) is 62.9 Å². The van der Waals surface area contributed by atoms with E-state index in [0.29, 0.717) is 28.6 Å². The third kappa shape index (κ3) is 5.72. The standard InChI is InChI=1S/C30H36Cl2N4O2/c1-30(12-6-3-7-13-30)29(38)33-18-19-10-11-23(31)20(14-19)15-27-35-25-16-22(24(32)17-26(25)36(27)2)28(37)34-21-8-4-5-9-21/h10-11,14,16-17,21H,3-9,12-13,15,18H2,1-2H3,(H,33,38)(H,34,37). The van der Waals surface area contributed by atoms with Crippen molar-refractivity contribution >= 4 is 46.0 Å². The number of halogens is 2. The second-order valence-electron chi connectivity index (χ2n) is 11.3. The molecule has 1 heterocycles. The predicted molar refractivity (Wildman–Crippen MR) is 153 cm³/mol. The number of hydrogen-bond acceptors (Lipinski definition) is 3. The summed E-state index contributed by atoms with van der Waals surface area (Å²) in [5.74, 6) is 0.812. The molecule has 0 saturated heterocycles. The van der Waals surface area contributed by atoms with Crippen molar-refractivity contribution in [1.29, 1.82) is 0 Å². The van der Waals surface area contributed by atoms with Crippen molar-refractivity contribution in [2.24, 2.45) is 12.5 Å². The second kappa shape index (κ2) is 11.3. The maximum absolute atomic E-state index is 12.9. The molecule has 3 aromatic rings. The summed E-state index contributed by atoms with van der Waals surface area (Å²) < 4.78 is 1.99. The fourth-order valence-electron chi connectivity index (χ4n) is 5.93. The van der Waals surface area contributed by atoms with Gasteiger partial charge in [0.05, 0.1) is 21.6 Å². The Morgan fingerprint density at radius 1 is 1.03 bits per heavy atom. The number of benzene rings is 2. The summed E-state index contributed by atoms with van der Waals surface area (Å²) in [5.41, 5.74) is 3.72. The molecular weight excluding hydrogens is 519 g/mol. The molecule has 6 nitrogen and oxygen atoms in total. The van der Waals surface area contributed by atoms with E-state index in [1.54, 1.807) is 6.07 Å². The zero-order chi connectivity index (χ0) is 26.9. The van der Waals surface area contributed by atoms with Crippen LogP contribution < -0.4 is 10.6 Å². The van der Waals surface area contributed by atoms with Gasteiger partial charge in [-0.05, 0) is 55.0 Å². The summed E-state index contributed by atoms with van der Waals surface area (Å²) in [6.07, 6.45) is 10.2. The molecule has 2 N–H and O–H groups in total. The highest BCUT2D eigenvalue weighted by Crippen LogP contribution is 2.36. The zero-order valence-electron chi connectivity index (χ0n) is 22.2. The van der Waals surface area contributed by atoms with Gasteiger partial charge < -0.3 is 15.2 Å². The van der Waals surface area contributed by atoms with Crippen LogP contribution in [0.15, 0.2) is 30.3 Å². The van der Waals surface area contributed by atoms with Crippen LogP contribution in [0.25, 0.3) is 11.0 Å². The molecular formula is C30H36Cl2N4O2. The largest absolute Gasteiger partial charge is 0.352 e. The quantitative estimate of drug-likeness (QED) is 0.340. The van der Waals surface area contributed by atoms with E-state index in [4.69, 9.17) is 28.2 Å². The number of rotatable bonds is 7. The van der Waals surface area contributed by atoms with E-state index in [1.165, 1.54) is 6.42 Å². The Morgan fingerprint density at radius 3 is 2.50 bits per heavy atom. The fourth-order valence-corrected chi connectivity index (χ4v) is 6.35. The minimum atomic E-state index is -0.269. The highest BCUT2D eigenvalue weighted by molar-refractivity contribution is 6.34. The van der Waals surface area contributed by atoms with Crippen LogP contribution in [0.3, 0.4) is 0 Å². The van der Waals surface area contributed by atoms with Gasteiger partial charge >= 0.3 is 0 Å². The molecule has 1 aromatic heterocycles. The molecule has 8 heteroatoms. The van der Waals surface area contributed by atoms with E-state index in [-0.39, 0.29) is 23.3 Å². The van der Waals surface area contributed by atoms with E-state index in [1.807, 2.05) is 35.9 Å². The van der Waals surface area contributed by atoms with Gasteiger partial charge in [0, 0.05) is 36.5 Å². The van der Waals surface area contributed by atoms with E-state index in [9.17, 15) is 9.59 Å². The molecule has 2 saturated carbocycles. The summed E-state index contributed by atoms with van der Waals surface area (Å²) in [6, 6.07) is 9.70. The Bertz CT molecular complexity index is 1350. The SMILES string of the molecule is Cn1c(Cc2cc(CNC(=O)C3(C)CCCCC3)ccc2Cl)nc2cc(C(=O)NC3CCCC3)c(Cl)cc21. The van der Waals surface area contributed by atoms with Crippen molar-refractivity contribution in [3.8, 4) is 0 Å².